The van der Waals surface area contributed by atoms with E-state index in [1.807, 2.05) is 6.07 Å². The first-order valence-corrected chi connectivity index (χ1v) is 11.8. The average Bonchev–Trinajstić information content (AvgIpc) is 3.19. The number of carbonyl (C=O) groups is 2. The van der Waals surface area contributed by atoms with Crippen molar-refractivity contribution in [3.63, 3.8) is 0 Å². The Bertz CT molecular complexity index is 1360. The lowest BCUT2D eigenvalue weighted by atomic mass is 9.95. The van der Waals surface area contributed by atoms with E-state index < -0.39 is 23.6 Å². The van der Waals surface area contributed by atoms with E-state index in [1.54, 1.807) is 61.0 Å². The quantitative estimate of drug-likeness (QED) is 0.439. The van der Waals surface area contributed by atoms with Gasteiger partial charge in [-0.15, -0.1) is 0 Å². The average molecular weight is 558 g/mol. The normalized spacial score (nSPS) is 15.3. The van der Waals surface area contributed by atoms with Crippen LogP contribution < -0.4 is 11.1 Å². The number of anilines is 1. The molecule has 3 aromatic rings. The molecule has 0 bridgehead atoms. The molecule has 180 valence electrons. The molecular formula is C24H22BrClN6O3. The summed E-state index contributed by atoms with van der Waals surface area (Å²) in [6.45, 7) is 3.42. The van der Waals surface area contributed by atoms with Crippen molar-refractivity contribution in [2.45, 2.75) is 32.0 Å². The number of urea groups is 1. The van der Waals surface area contributed by atoms with Crippen LogP contribution in [0.3, 0.4) is 0 Å². The van der Waals surface area contributed by atoms with Crippen molar-refractivity contribution in [3.05, 3.63) is 68.8 Å². The summed E-state index contributed by atoms with van der Waals surface area (Å²) in [6.07, 6.45) is 0. The number of nitrogens with one attached hydrogen (secondary N) is 1. The minimum atomic E-state index is -1.28. The van der Waals surface area contributed by atoms with Crippen LogP contribution in [-0.2, 0) is 6.54 Å². The van der Waals surface area contributed by atoms with E-state index in [0.29, 0.717) is 37.7 Å². The first-order chi connectivity index (χ1) is 16.5. The second-order valence-corrected chi connectivity index (χ2v) is 10.0. The number of rotatable bonds is 4. The van der Waals surface area contributed by atoms with Gasteiger partial charge in [0.05, 0.1) is 46.1 Å². The molecule has 0 fully saturated rings. The summed E-state index contributed by atoms with van der Waals surface area (Å²) in [5, 5.41) is 27.8. The van der Waals surface area contributed by atoms with Crippen molar-refractivity contribution in [2.24, 2.45) is 5.73 Å². The van der Waals surface area contributed by atoms with Gasteiger partial charge in [-0.1, -0.05) is 17.7 Å². The van der Waals surface area contributed by atoms with Gasteiger partial charge in [0.25, 0.3) is 5.91 Å². The zero-order valence-corrected chi connectivity index (χ0v) is 21.3. The van der Waals surface area contributed by atoms with Crippen LogP contribution in [-0.4, -0.2) is 43.9 Å². The maximum Gasteiger partial charge on any atom is 0.322 e. The van der Waals surface area contributed by atoms with Crippen molar-refractivity contribution < 1.29 is 14.7 Å². The van der Waals surface area contributed by atoms with Gasteiger partial charge in [0.2, 0.25) is 0 Å². The number of hydrogen-bond donors (Lipinski definition) is 3. The number of benzene rings is 2. The molecule has 0 saturated carbocycles. The van der Waals surface area contributed by atoms with Crippen LogP contribution in [0, 0.1) is 11.3 Å². The minimum Gasteiger partial charge on any atom is -0.388 e. The van der Waals surface area contributed by atoms with Crippen LogP contribution in [0.1, 0.15) is 41.5 Å². The van der Waals surface area contributed by atoms with Crippen LogP contribution in [0.15, 0.2) is 46.9 Å². The Morgan fingerprint density at radius 2 is 1.97 bits per heavy atom. The van der Waals surface area contributed by atoms with Crippen molar-refractivity contribution >= 4 is 45.2 Å². The number of aliphatic hydroxyl groups is 1. The minimum absolute atomic E-state index is 0.0459. The van der Waals surface area contributed by atoms with Gasteiger partial charge in [-0.2, -0.15) is 10.4 Å². The van der Waals surface area contributed by atoms with E-state index in [-0.39, 0.29) is 18.7 Å². The SMILES string of the molecule is CC(C)(O)C1CN(C(=O)Nc2ccc(C#N)cc2)Cc2c(C(N)=O)c(-c3ccc(Br)c(Cl)c3)nn21. The number of hydrogen-bond acceptors (Lipinski definition) is 5. The van der Waals surface area contributed by atoms with Crippen LogP contribution in [0.5, 0.6) is 0 Å². The molecule has 4 N–H and O–H groups in total. The van der Waals surface area contributed by atoms with E-state index in [0.717, 1.165) is 0 Å². The third-order valence-electron chi connectivity index (χ3n) is 5.85. The number of aromatic nitrogens is 2. The van der Waals surface area contributed by atoms with Crippen molar-refractivity contribution in [1.29, 1.82) is 5.26 Å². The Morgan fingerprint density at radius 1 is 1.29 bits per heavy atom. The first kappa shape index (κ1) is 24.7. The van der Waals surface area contributed by atoms with E-state index in [9.17, 15) is 14.7 Å². The van der Waals surface area contributed by atoms with Gasteiger partial charge in [-0.25, -0.2) is 4.79 Å². The van der Waals surface area contributed by atoms with Crippen LogP contribution in [0.25, 0.3) is 11.3 Å². The maximum absolute atomic E-state index is 13.1. The van der Waals surface area contributed by atoms with Gasteiger partial charge in [-0.05, 0) is 66.2 Å². The fourth-order valence-corrected chi connectivity index (χ4v) is 4.45. The number of nitriles is 1. The summed E-state index contributed by atoms with van der Waals surface area (Å²) >= 11 is 9.62. The van der Waals surface area contributed by atoms with Gasteiger partial charge in [0, 0.05) is 22.3 Å². The predicted octanol–water partition coefficient (Wildman–Crippen LogP) is 4.30. The Labute approximate surface area is 215 Å². The first-order valence-electron chi connectivity index (χ1n) is 10.6. The molecule has 1 unspecified atom stereocenters. The van der Waals surface area contributed by atoms with Gasteiger partial charge in [0.1, 0.15) is 5.69 Å². The second kappa shape index (κ2) is 9.34. The zero-order chi connectivity index (χ0) is 25.5. The summed E-state index contributed by atoms with van der Waals surface area (Å²) in [4.78, 5) is 27.2. The molecule has 0 radical (unpaired) electrons. The smallest absolute Gasteiger partial charge is 0.322 e. The summed E-state index contributed by atoms with van der Waals surface area (Å²) in [7, 11) is 0. The molecule has 3 amide bonds. The summed E-state index contributed by atoms with van der Waals surface area (Å²) in [6, 6.07) is 12.6. The highest BCUT2D eigenvalue weighted by molar-refractivity contribution is 9.10. The molecule has 2 aromatic carbocycles. The molecule has 1 aliphatic rings. The van der Waals surface area contributed by atoms with Crippen LogP contribution in [0.2, 0.25) is 5.02 Å². The van der Waals surface area contributed by atoms with E-state index in [4.69, 9.17) is 22.6 Å². The number of carbonyl (C=O) groups excluding carboxylic acids is 2. The third kappa shape index (κ3) is 4.89. The highest BCUT2D eigenvalue weighted by Crippen LogP contribution is 2.37. The van der Waals surface area contributed by atoms with Gasteiger partial charge in [0.15, 0.2) is 0 Å². The monoisotopic (exact) mass is 556 g/mol. The topological polar surface area (TPSA) is 137 Å². The van der Waals surface area contributed by atoms with Gasteiger partial charge in [-0.3, -0.25) is 9.48 Å². The maximum atomic E-state index is 13.1. The molecule has 35 heavy (non-hydrogen) atoms. The Hall–Kier alpha value is -3.39. The van der Waals surface area contributed by atoms with Gasteiger partial charge >= 0.3 is 6.03 Å². The molecule has 1 aromatic heterocycles. The number of fused-ring (bicyclic) bond motifs is 1. The fourth-order valence-electron chi connectivity index (χ4n) is 4.02. The highest BCUT2D eigenvalue weighted by Gasteiger charge is 2.40. The van der Waals surface area contributed by atoms with E-state index >= 15 is 0 Å². The summed E-state index contributed by atoms with van der Waals surface area (Å²) in [5.74, 6) is -0.705. The molecule has 1 atom stereocenters. The molecule has 1 aliphatic heterocycles. The third-order valence-corrected chi connectivity index (χ3v) is 7.08. The molecular weight excluding hydrogens is 536 g/mol. The zero-order valence-electron chi connectivity index (χ0n) is 18.9. The molecule has 0 aliphatic carbocycles. The van der Waals surface area contributed by atoms with Crippen LogP contribution >= 0.6 is 27.5 Å². The molecule has 9 nitrogen and oxygen atoms in total. The number of nitrogens with zero attached hydrogens (tertiary/aromatic N) is 4. The number of halogens is 2. The lowest BCUT2D eigenvalue weighted by Gasteiger charge is -2.39. The van der Waals surface area contributed by atoms with Crippen molar-refractivity contribution in [3.8, 4) is 17.3 Å². The standard InChI is InChI=1S/C24H22BrClN6O3/c1-24(2,35)19-12-31(23(34)29-15-6-3-13(10-27)4-7-15)11-18-20(22(28)33)21(30-32(18)19)14-5-8-16(25)17(26)9-14/h3-9,19,35H,11-12H2,1-2H3,(H2,28,33)(H,29,34). The number of primary amides is 1. The molecule has 11 heteroatoms. The molecule has 2 heterocycles. The predicted molar refractivity (Wildman–Crippen MR) is 135 cm³/mol. The number of nitrogens with two attached hydrogens (primary N) is 1. The fraction of sp³-hybridized carbons (Fsp3) is 0.250. The Balaban J connectivity index is 1.76. The highest BCUT2D eigenvalue weighted by atomic mass is 79.9. The Kier molecular flexibility index (Phi) is 6.60. The summed E-state index contributed by atoms with van der Waals surface area (Å²) in [5.41, 5.74) is 6.95. The number of amides is 3. The van der Waals surface area contributed by atoms with E-state index in [2.05, 4.69) is 26.3 Å². The van der Waals surface area contributed by atoms with Crippen molar-refractivity contribution in [1.82, 2.24) is 14.7 Å². The Morgan fingerprint density at radius 3 is 2.54 bits per heavy atom. The second-order valence-electron chi connectivity index (χ2n) is 8.78. The lowest BCUT2D eigenvalue weighted by Crippen LogP contribution is -2.50. The van der Waals surface area contributed by atoms with Gasteiger partial charge < -0.3 is 21.1 Å². The largest absolute Gasteiger partial charge is 0.388 e. The summed E-state index contributed by atoms with van der Waals surface area (Å²) < 4.78 is 2.27. The molecule has 4 rings (SSSR count). The van der Waals surface area contributed by atoms with Crippen LogP contribution in [0.4, 0.5) is 10.5 Å². The molecule has 0 spiro atoms. The molecule has 0 saturated heterocycles. The van der Waals surface area contributed by atoms with Crippen molar-refractivity contribution in [2.75, 3.05) is 11.9 Å². The lowest BCUT2D eigenvalue weighted by molar-refractivity contribution is -0.00374. The van der Waals surface area contributed by atoms with E-state index in [1.165, 1.54) is 4.90 Å².